The van der Waals surface area contributed by atoms with E-state index in [-0.39, 0.29) is 5.91 Å². The van der Waals surface area contributed by atoms with E-state index in [0.717, 1.165) is 56.1 Å². The zero-order chi connectivity index (χ0) is 20.5. The van der Waals surface area contributed by atoms with E-state index in [2.05, 4.69) is 53.6 Å². The second-order valence-electron chi connectivity index (χ2n) is 6.55. The molecule has 156 valence electrons. The molecular formula is C19H28N8OS. The molecule has 0 saturated carbocycles. The third-order valence-corrected chi connectivity index (χ3v) is 5.36. The Hall–Kier alpha value is -2.75. The monoisotopic (exact) mass is 416 g/mol. The number of anilines is 1. The normalized spacial score (nSPS) is 14.8. The first kappa shape index (κ1) is 21.0. The molecule has 3 heterocycles. The maximum atomic E-state index is 12.1. The molecule has 0 aromatic carbocycles. The number of nitrogens with zero attached hydrogens (tertiary/aromatic N) is 6. The first-order valence-electron chi connectivity index (χ1n) is 10.00. The number of piperazine rings is 1. The maximum absolute atomic E-state index is 12.1. The lowest BCUT2D eigenvalue weighted by Gasteiger charge is -2.36. The number of aromatic nitrogens is 3. The highest BCUT2D eigenvalue weighted by Gasteiger charge is 2.22. The van der Waals surface area contributed by atoms with Crippen molar-refractivity contribution in [3.8, 4) is 0 Å². The molecule has 2 N–H and O–H groups in total. The van der Waals surface area contributed by atoms with Gasteiger partial charge in [0.2, 0.25) is 5.13 Å². The fourth-order valence-electron chi connectivity index (χ4n) is 2.98. The zero-order valence-corrected chi connectivity index (χ0v) is 17.8. The first-order chi connectivity index (χ1) is 14.2. The Bertz CT molecular complexity index is 802. The van der Waals surface area contributed by atoms with Gasteiger partial charge in [-0.25, -0.2) is 4.98 Å². The Kier molecular flexibility index (Phi) is 7.74. The maximum Gasteiger partial charge on any atom is 0.252 e. The molecule has 0 bridgehead atoms. The molecule has 29 heavy (non-hydrogen) atoms. The van der Waals surface area contributed by atoms with Gasteiger partial charge in [-0.3, -0.25) is 14.8 Å². The van der Waals surface area contributed by atoms with Crippen LogP contribution in [0.5, 0.6) is 0 Å². The minimum absolute atomic E-state index is 0.129. The summed E-state index contributed by atoms with van der Waals surface area (Å²) in [5, 5.41) is 7.23. The van der Waals surface area contributed by atoms with Gasteiger partial charge in [-0.15, -0.1) is 0 Å². The van der Waals surface area contributed by atoms with Crippen LogP contribution in [0.2, 0.25) is 0 Å². The Balaban J connectivity index is 1.48. The molecule has 2 aromatic heterocycles. The fourth-order valence-corrected chi connectivity index (χ4v) is 3.78. The summed E-state index contributed by atoms with van der Waals surface area (Å²) >= 11 is 1.47. The number of guanidine groups is 1. The van der Waals surface area contributed by atoms with Crippen LogP contribution >= 0.6 is 11.5 Å². The van der Waals surface area contributed by atoms with E-state index in [4.69, 9.17) is 0 Å². The third-order valence-electron chi connectivity index (χ3n) is 4.54. The fraction of sp³-hybridized carbons (Fsp3) is 0.526. The van der Waals surface area contributed by atoms with Crippen LogP contribution in [0.15, 0.2) is 29.5 Å². The van der Waals surface area contributed by atoms with Gasteiger partial charge in [-0.05, 0) is 19.1 Å². The summed E-state index contributed by atoms with van der Waals surface area (Å²) in [7, 11) is 0. The van der Waals surface area contributed by atoms with Crippen molar-refractivity contribution in [2.24, 2.45) is 4.99 Å². The quantitative estimate of drug-likeness (QED) is 0.395. The van der Waals surface area contributed by atoms with Gasteiger partial charge in [0.25, 0.3) is 5.91 Å². The zero-order valence-electron chi connectivity index (χ0n) is 17.0. The van der Waals surface area contributed by atoms with Crippen LogP contribution in [0.1, 0.15) is 30.0 Å². The van der Waals surface area contributed by atoms with Gasteiger partial charge in [0.1, 0.15) is 5.82 Å². The van der Waals surface area contributed by atoms with E-state index < -0.39 is 0 Å². The molecule has 0 unspecified atom stereocenters. The molecule has 3 rings (SSSR count). The molecule has 1 fully saturated rings. The highest BCUT2D eigenvalue weighted by atomic mass is 32.1. The molecule has 10 heteroatoms. The van der Waals surface area contributed by atoms with E-state index in [9.17, 15) is 4.79 Å². The largest absolute Gasteiger partial charge is 0.357 e. The van der Waals surface area contributed by atoms with Crippen LogP contribution in [0, 0.1) is 0 Å². The molecule has 1 aliphatic rings. The second kappa shape index (κ2) is 10.7. The Morgan fingerprint density at radius 1 is 1.24 bits per heavy atom. The summed E-state index contributed by atoms with van der Waals surface area (Å²) in [6.07, 6.45) is 4.08. The number of nitrogens with one attached hydrogen (secondary N) is 2. The Labute approximate surface area is 175 Å². The lowest BCUT2D eigenvalue weighted by Crippen LogP contribution is -2.52. The van der Waals surface area contributed by atoms with Gasteiger partial charge in [-0.1, -0.05) is 6.92 Å². The summed E-state index contributed by atoms with van der Waals surface area (Å²) < 4.78 is 4.38. The molecule has 1 amide bonds. The summed E-state index contributed by atoms with van der Waals surface area (Å²) in [5.41, 5.74) is 0.558. The van der Waals surface area contributed by atoms with Crippen molar-refractivity contribution in [1.82, 2.24) is 29.9 Å². The first-order valence-corrected chi connectivity index (χ1v) is 10.8. The highest BCUT2D eigenvalue weighted by molar-refractivity contribution is 7.09. The van der Waals surface area contributed by atoms with Gasteiger partial charge in [0.15, 0.2) is 5.96 Å². The van der Waals surface area contributed by atoms with Crippen molar-refractivity contribution in [3.63, 3.8) is 0 Å². The second-order valence-corrected chi connectivity index (χ2v) is 7.28. The van der Waals surface area contributed by atoms with Crippen molar-refractivity contribution in [2.45, 2.75) is 20.3 Å². The van der Waals surface area contributed by atoms with Crippen LogP contribution in [-0.4, -0.2) is 76.9 Å². The molecule has 2 aromatic rings. The molecule has 9 nitrogen and oxygen atoms in total. The number of hydrogen-bond acceptors (Lipinski definition) is 7. The number of amides is 1. The van der Waals surface area contributed by atoms with Crippen LogP contribution in [0.25, 0.3) is 0 Å². The lowest BCUT2D eigenvalue weighted by atomic mass is 10.3. The van der Waals surface area contributed by atoms with E-state index in [1.165, 1.54) is 11.5 Å². The van der Waals surface area contributed by atoms with Crippen molar-refractivity contribution in [3.05, 3.63) is 35.9 Å². The Morgan fingerprint density at radius 3 is 2.72 bits per heavy atom. The summed E-state index contributed by atoms with van der Waals surface area (Å²) in [5.74, 6) is 1.67. The minimum Gasteiger partial charge on any atom is -0.357 e. The van der Waals surface area contributed by atoms with E-state index in [0.29, 0.717) is 18.7 Å². The van der Waals surface area contributed by atoms with Crippen LogP contribution in [-0.2, 0) is 6.42 Å². The average Bonchev–Trinajstić information content (AvgIpc) is 3.26. The van der Waals surface area contributed by atoms with Gasteiger partial charge in [0.05, 0.1) is 12.1 Å². The number of aliphatic imine (C=N–C) groups is 1. The lowest BCUT2D eigenvalue weighted by molar-refractivity contribution is 0.0954. The van der Waals surface area contributed by atoms with Gasteiger partial charge in [0, 0.05) is 69.6 Å². The molecule has 1 saturated heterocycles. The van der Waals surface area contributed by atoms with E-state index >= 15 is 0 Å². The molecule has 0 spiro atoms. The topological polar surface area (TPSA) is 98.6 Å². The third kappa shape index (κ3) is 5.86. The molecule has 1 aliphatic heterocycles. The summed E-state index contributed by atoms with van der Waals surface area (Å²) in [6, 6.07) is 3.50. The van der Waals surface area contributed by atoms with E-state index in [1.54, 1.807) is 24.5 Å². The van der Waals surface area contributed by atoms with Crippen molar-refractivity contribution < 1.29 is 4.79 Å². The SMILES string of the molecule is CCNC(=NCCNC(=O)c1cccnc1)N1CCN(c2nc(CC)ns2)CC1. The van der Waals surface area contributed by atoms with Crippen molar-refractivity contribution in [1.29, 1.82) is 0 Å². The van der Waals surface area contributed by atoms with Crippen LogP contribution in [0.4, 0.5) is 5.13 Å². The molecule has 0 atom stereocenters. The summed E-state index contributed by atoms with van der Waals surface area (Å²) in [6.45, 7) is 9.45. The molecular weight excluding hydrogens is 388 g/mol. The number of aryl methyl sites for hydroxylation is 1. The Morgan fingerprint density at radius 2 is 2.07 bits per heavy atom. The number of rotatable bonds is 7. The number of carbonyl (C=O) groups excluding carboxylic acids is 1. The van der Waals surface area contributed by atoms with Gasteiger partial charge >= 0.3 is 0 Å². The molecule has 0 aliphatic carbocycles. The highest BCUT2D eigenvalue weighted by Crippen LogP contribution is 2.19. The number of carbonyl (C=O) groups is 1. The predicted octanol–water partition coefficient (Wildman–Crippen LogP) is 1.01. The van der Waals surface area contributed by atoms with Crippen LogP contribution < -0.4 is 15.5 Å². The standard InChI is InChI=1S/C19H28N8OS/c1-3-16-24-19(29-25-16)27-12-10-26(11-13-27)18(21-4-2)23-9-8-22-17(28)15-6-5-7-20-14-15/h5-7,14H,3-4,8-13H2,1-2H3,(H,21,23)(H,22,28). The average molecular weight is 417 g/mol. The minimum atomic E-state index is -0.129. The molecule has 0 radical (unpaired) electrons. The number of hydrogen-bond donors (Lipinski definition) is 2. The predicted molar refractivity (Wildman–Crippen MR) is 116 cm³/mol. The van der Waals surface area contributed by atoms with E-state index in [1.807, 2.05) is 0 Å². The van der Waals surface area contributed by atoms with Gasteiger partial charge < -0.3 is 20.4 Å². The smallest absolute Gasteiger partial charge is 0.252 e. The van der Waals surface area contributed by atoms with Gasteiger partial charge in [-0.2, -0.15) is 4.37 Å². The van der Waals surface area contributed by atoms with Crippen molar-refractivity contribution >= 4 is 28.5 Å². The van der Waals surface area contributed by atoms with Crippen molar-refractivity contribution in [2.75, 3.05) is 50.7 Å². The number of pyridine rings is 1. The summed E-state index contributed by atoms with van der Waals surface area (Å²) in [4.78, 5) is 29.8. The van der Waals surface area contributed by atoms with Crippen LogP contribution in [0.3, 0.4) is 0 Å².